The monoisotopic (exact) mass is 501 g/mol. The molecule has 0 fully saturated rings. The molecule has 0 atom stereocenters. The van der Waals surface area contributed by atoms with E-state index >= 15 is 0 Å². The van der Waals surface area contributed by atoms with Crippen molar-refractivity contribution >= 4 is 28.9 Å². The lowest BCUT2D eigenvalue weighted by atomic mass is 10.2. The van der Waals surface area contributed by atoms with Gasteiger partial charge in [0.05, 0.1) is 16.8 Å². The van der Waals surface area contributed by atoms with Crippen LogP contribution in [0.1, 0.15) is 50.7 Å². The van der Waals surface area contributed by atoms with E-state index < -0.39 is 0 Å². The molecule has 0 unspecified atom stereocenters. The number of hydrogen-bond donors (Lipinski definition) is 3. The number of ether oxygens (including phenoxy) is 1. The zero-order valence-corrected chi connectivity index (χ0v) is 22.0. The first-order valence-electron chi connectivity index (χ1n) is 11.4. The van der Waals surface area contributed by atoms with Crippen LogP contribution in [0, 0.1) is 6.92 Å². The quantitative estimate of drug-likeness (QED) is 0.339. The molecule has 0 radical (unpaired) electrons. The molecule has 1 heterocycles. The molecule has 3 rings (SSSR count). The van der Waals surface area contributed by atoms with Crippen LogP contribution in [0.4, 0.5) is 11.4 Å². The highest BCUT2D eigenvalue weighted by Gasteiger charge is 2.24. The molecule has 7 nitrogen and oxygen atoms in total. The lowest BCUT2D eigenvalue weighted by molar-refractivity contribution is 0.0975. The van der Waals surface area contributed by atoms with Gasteiger partial charge in [-0.3, -0.25) is 15.5 Å². The molecule has 2 aromatic carbocycles. The minimum Gasteiger partial charge on any atom is -0.491 e. The first-order chi connectivity index (χ1) is 16.6. The SMILES string of the molecule is CC(C)N(C(=O)c1ncc(Cl)cc1NO)c1ccccc1.CCO.Cc1ccc(OC(C)C)cc1. The van der Waals surface area contributed by atoms with Crippen LogP contribution in [-0.4, -0.2) is 40.0 Å². The normalized spacial score (nSPS) is 10.0. The highest BCUT2D eigenvalue weighted by Crippen LogP contribution is 2.24. The number of halogens is 1. The molecule has 0 spiro atoms. The van der Waals surface area contributed by atoms with Gasteiger partial charge in [0.2, 0.25) is 0 Å². The third-order valence-electron chi connectivity index (χ3n) is 4.34. The summed E-state index contributed by atoms with van der Waals surface area (Å²) in [5.74, 6) is 0.634. The van der Waals surface area contributed by atoms with Crippen molar-refractivity contribution in [2.45, 2.75) is 53.7 Å². The number of pyridine rings is 1. The molecule has 8 heteroatoms. The zero-order valence-electron chi connectivity index (χ0n) is 21.2. The van der Waals surface area contributed by atoms with Crippen LogP contribution < -0.4 is 15.1 Å². The maximum atomic E-state index is 12.7. The number of aliphatic hydroxyl groups excluding tert-OH is 1. The summed E-state index contributed by atoms with van der Waals surface area (Å²) in [6, 6.07) is 18.8. The Morgan fingerprint density at radius 2 is 1.66 bits per heavy atom. The van der Waals surface area contributed by atoms with Crippen molar-refractivity contribution in [1.82, 2.24) is 4.98 Å². The molecule has 3 N–H and O–H groups in total. The number of aromatic nitrogens is 1. The van der Waals surface area contributed by atoms with Crippen molar-refractivity contribution in [2.75, 3.05) is 17.0 Å². The highest BCUT2D eigenvalue weighted by atomic mass is 35.5. The van der Waals surface area contributed by atoms with Gasteiger partial charge in [0.1, 0.15) is 5.75 Å². The number of benzene rings is 2. The number of anilines is 2. The van der Waals surface area contributed by atoms with E-state index in [1.807, 2.05) is 75.6 Å². The summed E-state index contributed by atoms with van der Waals surface area (Å²) >= 11 is 5.82. The van der Waals surface area contributed by atoms with Gasteiger partial charge in [-0.2, -0.15) is 0 Å². The molecule has 0 aliphatic rings. The highest BCUT2D eigenvalue weighted by molar-refractivity contribution is 6.31. The number of hydrogen-bond acceptors (Lipinski definition) is 6. The Morgan fingerprint density at radius 1 is 1.09 bits per heavy atom. The molecule has 190 valence electrons. The number of para-hydroxylation sites is 1. The van der Waals surface area contributed by atoms with Crippen molar-refractivity contribution < 1.29 is 19.8 Å². The molecule has 0 saturated carbocycles. The fourth-order valence-electron chi connectivity index (χ4n) is 2.94. The summed E-state index contributed by atoms with van der Waals surface area (Å²) in [5, 5.41) is 17.1. The van der Waals surface area contributed by atoms with Crippen molar-refractivity contribution in [1.29, 1.82) is 0 Å². The topological polar surface area (TPSA) is 94.9 Å². The van der Waals surface area contributed by atoms with E-state index in [2.05, 4.69) is 24.0 Å². The maximum Gasteiger partial charge on any atom is 0.279 e. The number of amides is 1. The number of aliphatic hydroxyl groups is 1. The van der Waals surface area contributed by atoms with Gasteiger partial charge in [-0.25, -0.2) is 4.98 Å². The van der Waals surface area contributed by atoms with E-state index in [1.54, 1.807) is 11.8 Å². The molecule has 1 aromatic heterocycles. The Kier molecular flexibility index (Phi) is 13.4. The van der Waals surface area contributed by atoms with Crippen LogP contribution in [0.15, 0.2) is 66.9 Å². The van der Waals surface area contributed by atoms with E-state index in [-0.39, 0.29) is 36.0 Å². The lowest BCUT2D eigenvalue weighted by Crippen LogP contribution is -2.37. The first kappa shape index (κ1) is 29.9. The molecule has 0 aliphatic heterocycles. The Labute approximate surface area is 213 Å². The number of nitrogens with one attached hydrogen (secondary N) is 1. The van der Waals surface area contributed by atoms with Crippen molar-refractivity contribution in [3.63, 3.8) is 0 Å². The predicted octanol–water partition coefficient (Wildman–Crippen LogP) is 6.37. The van der Waals surface area contributed by atoms with Crippen LogP contribution in [0.5, 0.6) is 5.75 Å². The van der Waals surface area contributed by atoms with Gasteiger partial charge >= 0.3 is 0 Å². The van der Waals surface area contributed by atoms with Crippen LogP contribution in [-0.2, 0) is 0 Å². The average molecular weight is 502 g/mol. The smallest absolute Gasteiger partial charge is 0.279 e. The summed E-state index contributed by atoms with van der Waals surface area (Å²) in [5.41, 5.74) is 4.28. The number of nitrogens with zero attached hydrogens (tertiary/aromatic N) is 2. The van der Waals surface area contributed by atoms with E-state index in [4.69, 9.17) is 26.7 Å². The summed E-state index contributed by atoms with van der Waals surface area (Å²) < 4.78 is 5.47. The summed E-state index contributed by atoms with van der Waals surface area (Å²) in [4.78, 5) is 18.4. The molecule has 0 aliphatic carbocycles. The number of carbonyl (C=O) groups excluding carboxylic acids is 1. The summed E-state index contributed by atoms with van der Waals surface area (Å²) in [6.07, 6.45) is 1.64. The number of carbonyl (C=O) groups is 1. The molecule has 1 amide bonds. The van der Waals surface area contributed by atoms with Gasteiger partial charge in [-0.05, 0) is 71.9 Å². The Hall–Kier alpha value is -3.13. The lowest BCUT2D eigenvalue weighted by Gasteiger charge is -2.27. The van der Waals surface area contributed by atoms with E-state index in [9.17, 15) is 4.79 Å². The second-order valence-electron chi connectivity index (χ2n) is 8.06. The first-order valence-corrected chi connectivity index (χ1v) is 11.8. The zero-order chi connectivity index (χ0) is 26.4. The fourth-order valence-corrected chi connectivity index (χ4v) is 3.09. The van der Waals surface area contributed by atoms with Crippen LogP contribution >= 0.6 is 11.6 Å². The van der Waals surface area contributed by atoms with E-state index in [0.29, 0.717) is 5.02 Å². The van der Waals surface area contributed by atoms with E-state index in [1.165, 1.54) is 17.8 Å². The average Bonchev–Trinajstić information content (AvgIpc) is 2.81. The summed E-state index contributed by atoms with van der Waals surface area (Å²) in [7, 11) is 0. The van der Waals surface area contributed by atoms with Crippen molar-refractivity contribution in [2.24, 2.45) is 0 Å². The molecule has 35 heavy (non-hydrogen) atoms. The van der Waals surface area contributed by atoms with Gasteiger partial charge in [0, 0.05) is 24.5 Å². The Bertz CT molecular complexity index is 1010. The maximum absolute atomic E-state index is 12.7. The number of aryl methyl sites for hydroxylation is 1. The minimum absolute atomic E-state index is 0.0658. The molecule has 0 bridgehead atoms. The largest absolute Gasteiger partial charge is 0.491 e. The van der Waals surface area contributed by atoms with Crippen LogP contribution in [0.3, 0.4) is 0 Å². The Morgan fingerprint density at radius 3 is 2.14 bits per heavy atom. The Balaban J connectivity index is 0.000000366. The predicted molar refractivity (Wildman–Crippen MR) is 143 cm³/mol. The van der Waals surface area contributed by atoms with Gasteiger partial charge < -0.3 is 14.7 Å². The minimum atomic E-state index is -0.315. The van der Waals surface area contributed by atoms with Gasteiger partial charge in [0.15, 0.2) is 5.69 Å². The number of rotatable bonds is 6. The molecule has 0 saturated heterocycles. The van der Waals surface area contributed by atoms with E-state index in [0.717, 1.165) is 11.4 Å². The van der Waals surface area contributed by atoms with Crippen LogP contribution in [0.25, 0.3) is 0 Å². The second-order valence-corrected chi connectivity index (χ2v) is 8.50. The fraction of sp³-hybridized carbons (Fsp3) is 0.333. The summed E-state index contributed by atoms with van der Waals surface area (Å²) in [6.45, 7) is 11.9. The van der Waals surface area contributed by atoms with Gasteiger partial charge in [-0.15, -0.1) is 0 Å². The molecule has 3 aromatic rings. The third-order valence-corrected chi connectivity index (χ3v) is 4.55. The van der Waals surface area contributed by atoms with Gasteiger partial charge in [0.25, 0.3) is 5.91 Å². The second kappa shape index (κ2) is 15.7. The standard InChI is InChI=1S/C15H16ClN3O2.C10H14O.C2H6O/c1-10(2)19(12-6-4-3-5-7-12)15(20)14-13(18-21)8-11(16)9-17-14;1-8(2)11-10-6-4-9(3)5-7-10;1-2-3/h3-10,18,21H,1-2H3;4-8H,1-3H3;3H,2H2,1H3. The molecular formula is C27H36ClN3O4. The molecular weight excluding hydrogens is 466 g/mol. The van der Waals surface area contributed by atoms with Crippen molar-refractivity contribution in [3.05, 3.63) is 83.1 Å². The van der Waals surface area contributed by atoms with Crippen LogP contribution in [0.2, 0.25) is 5.02 Å². The third kappa shape index (κ3) is 10.3. The van der Waals surface area contributed by atoms with Crippen molar-refractivity contribution in [3.8, 4) is 5.75 Å². The van der Waals surface area contributed by atoms with Gasteiger partial charge in [-0.1, -0.05) is 47.5 Å².